The molecule has 3 aliphatic carbocycles. The molecule has 3 saturated carbocycles. The zero-order valence-corrected chi connectivity index (χ0v) is 13.9. The lowest BCUT2D eigenvalue weighted by Gasteiger charge is -2.12. The van der Waals surface area contributed by atoms with E-state index in [1.807, 2.05) is 0 Å². The first-order chi connectivity index (χ1) is 10.0. The molecule has 4 rings (SSSR count). The third-order valence-electron chi connectivity index (χ3n) is 5.49. The number of nitrogens with one attached hydrogen (secondary N) is 1. The number of benzene rings is 1. The van der Waals surface area contributed by atoms with Gasteiger partial charge in [0.2, 0.25) is 10.0 Å². The second-order valence-electron chi connectivity index (χ2n) is 6.56. The molecule has 3 fully saturated rings. The second kappa shape index (κ2) is 4.78. The van der Waals surface area contributed by atoms with Gasteiger partial charge in [-0.2, -0.15) is 0 Å². The number of halogens is 1. The van der Waals surface area contributed by atoms with Crippen LogP contribution in [0.1, 0.15) is 24.8 Å². The highest BCUT2D eigenvalue weighted by Gasteiger charge is 2.65. The predicted molar refractivity (Wildman–Crippen MR) is 82.0 cm³/mol. The maximum Gasteiger partial charge on any atom is 0.241 e. The van der Waals surface area contributed by atoms with Crippen LogP contribution < -0.4 is 4.72 Å². The van der Waals surface area contributed by atoms with E-state index >= 15 is 0 Å². The van der Waals surface area contributed by atoms with Crippen LogP contribution in [0.15, 0.2) is 27.6 Å². The lowest BCUT2D eigenvalue weighted by atomic mass is 10.0. The van der Waals surface area contributed by atoms with Gasteiger partial charge in [-0.3, -0.25) is 0 Å². The topological polar surface area (TPSA) is 66.4 Å². The first-order valence-corrected chi connectivity index (χ1v) is 9.70. The summed E-state index contributed by atoms with van der Waals surface area (Å²) in [6, 6.07) is 5.01. The maximum absolute atomic E-state index is 12.6. The van der Waals surface area contributed by atoms with Gasteiger partial charge in [0.15, 0.2) is 0 Å². The van der Waals surface area contributed by atoms with E-state index < -0.39 is 10.0 Å². The molecule has 0 amide bonds. The quantitative estimate of drug-likeness (QED) is 0.852. The van der Waals surface area contributed by atoms with Gasteiger partial charge in [-0.25, -0.2) is 13.1 Å². The first-order valence-electron chi connectivity index (χ1n) is 7.43. The van der Waals surface area contributed by atoms with E-state index in [4.69, 9.17) is 5.11 Å². The zero-order valence-electron chi connectivity index (χ0n) is 11.5. The fourth-order valence-corrected chi connectivity index (χ4v) is 7.01. The molecule has 2 bridgehead atoms. The van der Waals surface area contributed by atoms with Crippen molar-refractivity contribution in [2.45, 2.75) is 36.8 Å². The van der Waals surface area contributed by atoms with Crippen LogP contribution in [-0.2, 0) is 16.6 Å². The Morgan fingerprint density at radius 3 is 2.48 bits per heavy atom. The minimum Gasteiger partial charge on any atom is -0.392 e. The highest BCUT2D eigenvalue weighted by atomic mass is 79.9. The van der Waals surface area contributed by atoms with Crippen molar-refractivity contribution in [1.82, 2.24) is 4.72 Å². The van der Waals surface area contributed by atoms with Crippen LogP contribution in [0, 0.1) is 23.7 Å². The van der Waals surface area contributed by atoms with Crippen molar-refractivity contribution >= 4 is 26.0 Å². The average molecular weight is 372 g/mol. The lowest BCUT2D eigenvalue weighted by Crippen LogP contribution is -2.30. The molecule has 2 N–H and O–H groups in total. The van der Waals surface area contributed by atoms with Crippen LogP contribution in [0.2, 0.25) is 0 Å². The number of fused-ring (bicyclic) bond motifs is 5. The number of aliphatic hydroxyl groups excluding tert-OH is 1. The molecule has 4 atom stereocenters. The predicted octanol–water partition coefficient (Wildman–Crippen LogP) is 2.26. The lowest BCUT2D eigenvalue weighted by molar-refractivity contribution is 0.281. The smallest absolute Gasteiger partial charge is 0.241 e. The van der Waals surface area contributed by atoms with Gasteiger partial charge < -0.3 is 5.11 Å². The highest BCUT2D eigenvalue weighted by Crippen LogP contribution is 2.65. The minimum absolute atomic E-state index is 0.0948. The molecule has 6 heteroatoms. The van der Waals surface area contributed by atoms with Crippen molar-refractivity contribution in [3.63, 3.8) is 0 Å². The van der Waals surface area contributed by atoms with Crippen molar-refractivity contribution < 1.29 is 13.5 Å². The average Bonchev–Trinajstić information content (AvgIpc) is 2.85. The molecule has 0 heterocycles. The van der Waals surface area contributed by atoms with Gasteiger partial charge in [-0.05, 0) is 76.6 Å². The van der Waals surface area contributed by atoms with Gasteiger partial charge in [0, 0.05) is 10.5 Å². The summed E-state index contributed by atoms with van der Waals surface area (Å²) >= 11 is 3.30. The van der Waals surface area contributed by atoms with Crippen molar-refractivity contribution in [2.24, 2.45) is 23.7 Å². The summed E-state index contributed by atoms with van der Waals surface area (Å²) in [5.41, 5.74) is 0.696. The molecule has 0 spiro atoms. The normalized spacial score (nSPS) is 36.8. The van der Waals surface area contributed by atoms with Crippen LogP contribution in [0.5, 0.6) is 0 Å². The zero-order chi connectivity index (χ0) is 14.8. The summed E-state index contributed by atoms with van der Waals surface area (Å²) in [4.78, 5) is 0.261. The molecule has 114 valence electrons. The Balaban J connectivity index is 1.55. The Morgan fingerprint density at radius 1 is 1.24 bits per heavy atom. The van der Waals surface area contributed by atoms with Gasteiger partial charge in [-0.1, -0.05) is 6.07 Å². The van der Waals surface area contributed by atoms with Crippen LogP contribution >= 0.6 is 15.9 Å². The summed E-state index contributed by atoms with van der Waals surface area (Å²) in [7, 11) is -3.49. The Morgan fingerprint density at radius 2 is 1.90 bits per heavy atom. The molecule has 4 unspecified atom stereocenters. The minimum atomic E-state index is -3.49. The molecule has 1 aromatic carbocycles. The third kappa shape index (κ3) is 2.19. The van der Waals surface area contributed by atoms with Crippen molar-refractivity contribution in [3.05, 3.63) is 28.2 Å². The van der Waals surface area contributed by atoms with Crippen LogP contribution in [0.3, 0.4) is 0 Å². The summed E-state index contributed by atoms with van der Waals surface area (Å²) in [5.74, 6) is 2.64. The second-order valence-corrected chi connectivity index (χ2v) is 9.09. The van der Waals surface area contributed by atoms with E-state index in [-0.39, 0.29) is 17.5 Å². The van der Waals surface area contributed by atoms with Crippen molar-refractivity contribution in [3.8, 4) is 0 Å². The van der Waals surface area contributed by atoms with E-state index in [0.29, 0.717) is 21.9 Å². The van der Waals surface area contributed by atoms with E-state index in [0.717, 1.165) is 11.8 Å². The summed E-state index contributed by atoms with van der Waals surface area (Å²) in [5, 5.41) is 9.10. The van der Waals surface area contributed by atoms with Gasteiger partial charge >= 0.3 is 0 Å². The maximum atomic E-state index is 12.6. The number of rotatable bonds is 4. The fourth-order valence-electron chi connectivity index (χ4n) is 4.59. The molecule has 21 heavy (non-hydrogen) atoms. The molecule has 0 aliphatic heterocycles. The summed E-state index contributed by atoms with van der Waals surface area (Å²) in [6.45, 7) is -0.0948. The van der Waals surface area contributed by atoms with Crippen molar-refractivity contribution in [2.75, 3.05) is 0 Å². The molecule has 0 saturated heterocycles. The van der Waals surface area contributed by atoms with E-state index in [9.17, 15) is 8.42 Å². The Hall–Kier alpha value is -0.430. The Labute approximate surface area is 133 Å². The third-order valence-corrected chi connectivity index (χ3v) is 7.93. The van der Waals surface area contributed by atoms with Gasteiger partial charge in [0.1, 0.15) is 0 Å². The largest absolute Gasteiger partial charge is 0.392 e. The van der Waals surface area contributed by atoms with Crippen molar-refractivity contribution in [1.29, 1.82) is 0 Å². The molecule has 4 nitrogen and oxygen atoms in total. The van der Waals surface area contributed by atoms with Crippen LogP contribution in [-0.4, -0.2) is 19.6 Å². The molecule has 0 aromatic heterocycles. The number of sulfonamides is 1. The van der Waals surface area contributed by atoms with Crippen LogP contribution in [0.25, 0.3) is 0 Å². The van der Waals surface area contributed by atoms with E-state index in [1.54, 1.807) is 18.2 Å². The molecule has 1 aromatic rings. The monoisotopic (exact) mass is 371 g/mol. The number of aliphatic hydroxyl groups is 1. The van der Waals surface area contributed by atoms with E-state index in [1.165, 1.54) is 19.3 Å². The van der Waals surface area contributed by atoms with E-state index in [2.05, 4.69) is 20.7 Å². The Bertz CT molecular complexity index is 674. The van der Waals surface area contributed by atoms with Gasteiger partial charge in [-0.15, -0.1) is 0 Å². The van der Waals surface area contributed by atoms with Gasteiger partial charge in [0.05, 0.1) is 11.5 Å². The fraction of sp³-hybridized carbons (Fsp3) is 0.600. The first kappa shape index (κ1) is 14.2. The summed E-state index contributed by atoms with van der Waals surface area (Å²) < 4.78 is 28.5. The summed E-state index contributed by atoms with van der Waals surface area (Å²) in [6.07, 6.45) is 3.86. The molecule has 0 radical (unpaired) electrons. The SMILES string of the molecule is O=S(=O)(NC1C2C3CCC(C3)C12)c1ccc(CO)cc1Br. The standard InChI is InChI=1S/C15H18BrNO3S/c16-11-5-8(7-18)1-4-12(11)21(19,20)17-15-13-9-2-3-10(6-9)14(13)15/h1,4-5,9-10,13-15,17-18H,2-3,6-7H2. The number of hydrogen-bond acceptors (Lipinski definition) is 3. The van der Waals surface area contributed by atoms with Crippen LogP contribution in [0.4, 0.5) is 0 Å². The molecule has 3 aliphatic rings. The molecular weight excluding hydrogens is 354 g/mol. The Kier molecular flexibility index (Phi) is 3.23. The highest BCUT2D eigenvalue weighted by molar-refractivity contribution is 9.10. The number of hydrogen-bond donors (Lipinski definition) is 2. The van der Waals surface area contributed by atoms with Gasteiger partial charge in [0.25, 0.3) is 0 Å². The molecular formula is C15H18BrNO3S.